The van der Waals surface area contributed by atoms with Gasteiger partial charge in [0.1, 0.15) is 11.4 Å². The zero-order valence-electron chi connectivity index (χ0n) is 27.4. The fourth-order valence-corrected chi connectivity index (χ4v) is 11.1. The third-order valence-electron chi connectivity index (χ3n) is 11.9. The molecule has 0 spiro atoms. The normalized spacial score (nSPS) is 26.8. The maximum absolute atomic E-state index is 9.57. The van der Waals surface area contributed by atoms with Crippen LogP contribution in [0.3, 0.4) is 0 Å². The maximum Gasteiger partial charge on any atom is 0.109 e. The number of hydrogen-bond donors (Lipinski definition) is 2. The monoisotopic (exact) mass is 886 g/mol. The number of aliphatic hydroxyl groups excluding tert-OH is 2. The summed E-state index contributed by atoms with van der Waals surface area (Å²) < 4.78 is 6.01. The van der Waals surface area contributed by atoms with Gasteiger partial charge < -0.3 is 10.2 Å². The Balaban J connectivity index is 1.22. The molecule has 4 bridgehead atoms. The molecule has 4 aliphatic rings. The van der Waals surface area contributed by atoms with Gasteiger partial charge in [-0.25, -0.2) is 9.36 Å². The molecule has 0 radical (unpaired) electrons. The Kier molecular flexibility index (Phi) is 7.83. The minimum absolute atomic E-state index is 0.0106. The van der Waals surface area contributed by atoms with Gasteiger partial charge in [0.25, 0.3) is 0 Å². The fraction of sp³-hybridized carbons (Fsp3) is 0.300. The van der Waals surface area contributed by atoms with Gasteiger partial charge in [0.2, 0.25) is 0 Å². The molecule has 252 valence electrons. The molecule has 10 heteroatoms. The molecule has 50 heavy (non-hydrogen) atoms. The van der Waals surface area contributed by atoms with Crippen LogP contribution in [0.15, 0.2) is 109 Å². The summed E-state index contributed by atoms with van der Waals surface area (Å²) in [5.41, 5.74) is 8.52. The third-order valence-corrected chi connectivity index (χ3v) is 13.3. The summed E-state index contributed by atoms with van der Waals surface area (Å²) in [6, 6.07) is 36.7. The number of aromatic nitrogens is 6. The molecule has 0 aliphatic heterocycles. The standard InChI is InChI=1S/C40H36I2N6O2/c41-31-9-1-27(2-10-31)37-21-38(28-3-11-32(42)12-4-28)24-39(22-37,29-5-13-35(14-6-29)47-17-33(19-49)43-45-47)26-40(23-37,25-38)30-7-15-36(16-8-30)48-18-34(20-50)44-46-48/h1-18,49-50H,19-26H2. The van der Waals surface area contributed by atoms with E-state index in [1.165, 1.54) is 29.4 Å². The molecule has 0 amide bonds. The molecule has 8 nitrogen and oxygen atoms in total. The summed E-state index contributed by atoms with van der Waals surface area (Å²) in [5.74, 6) is 0. The van der Waals surface area contributed by atoms with E-state index < -0.39 is 0 Å². The molecule has 6 aromatic rings. The van der Waals surface area contributed by atoms with Crippen molar-refractivity contribution in [2.75, 3.05) is 0 Å². The minimum Gasteiger partial charge on any atom is -0.390 e. The Morgan fingerprint density at radius 2 is 0.740 bits per heavy atom. The van der Waals surface area contributed by atoms with Gasteiger partial charge in [-0.2, -0.15) is 0 Å². The predicted octanol–water partition coefficient (Wildman–Crippen LogP) is 7.48. The quantitative estimate of drug-likeness (QED) is 0.154. The average Bonchev–Trinajstić information content (AvgIpc) is 3.82. The van der Waals surface area contributed by atoms with Gasteiger partial charge in [0, 0.05) is 7.14 Å². The van der Waals surface area contributed by atoms with Crippen LogP contribution in [0.1, 0.15) is 72.2 Å². The lowest BCUT2D eigenvalue weighted by atomic mass is 9.32. The van der Waals surface area contributed by atoms with E-state index in [1.807, 2.05) is 0 Å². The van der Waals surface area contributed by atoms with Crippen LogP contribution >= 0.6 is 45.2 Å². The molecule has 2 N–H and O–H groups in total. The van der Waals surface area contributed by atoms with Gasteiger partial charge in [0.15, 0.2) is 0 Å². The topological polar surface area (TPSA) is 102 Å². The molecular weight excluding hydrogens is 850 g/mol. The summed E-state index contributed by atoms with van der Waals surface area (Å²) in [6.07, 6.45) is 10.2. The number of aliphatic hydroxyl groups is 2. The highest BCUT2D eigenvalue weighted by molar-refractivity contribution is 14.1. The molecule has 0 saturated heterocycles. The summed E-state index contributed by atoms with van der Waals surface area (Å²) in [4.78, 5) is 0. The van der Waals surface area contributed by atoms with Gasteiger partial charge in [0.05, 0.1) is 37.0 Å². The number of halogens is 2. The van der Waals surface area contributed by atoms with Crippen LogP contribution in [-0.2, 0) is 34.9 Å². The van der Waals surface area contributed by atoms with Crippen molar-refractivity contribution in [2.45, 2.75) is 73.4 Å². The number of benzene rings is 4. The lowest BCUT2D eigenvalue weighted by Crippen LogP contribution is -2.67. The van der Waals surface area contributed by atoms with Crippen LogP contribution in [0.2, 0.25) is 0 Å². The van der Waals surface area contributed by atoms with Crippen LogP contribution in [-0.4, -0.2) is 40.2 Å². The van der Waals surface area contributed by atoms with Crippen molar-refractivity contribution in [3.63, 3.8) is 0 Å². The minimum atomic E-state index is -0.131. The first-order chi connectivity index (χ1) is 24.2. The number of hydrogen-bond acceptors (Lipinski definition) is 6. The molecule has 2 aromatic heterocycles. The second kappa shape index (κ2) is 12.1. The molecule has 4 aliphatic carbocycles. The van der Waals surface area contributed by atoms with E-state index in [1.54, 1.807) is 21.8 Å². The third kappa shape index (κ3) is 5.27. The Morgan fingerprint density at radius 1 is 0.460 bits per heavy atom. The van der Waals surface area contributed by atoms with Crippen molar-refractivity contribution in [1.29, 1.82) is 0 Å². The van der Waals surface area contributed by atoms with E-state index in [4.69, 9.17) is 0 Å². The first-order valence-corrected chi connectivity index (χ1v) is 19.2. The Morgan fingerprint density at radius 3 is 1.00 bits per heavy atom. The molecule has 4 fully saturated rings. The molecule has 10 rings (SSSR count). The smallest absolute Gasteiger partial charge is 0.109 e. The number of nitrogens with zero attached hydrogens (tertiary/aromatic N) is 6. The second-order valence-corrected chi connectivity index (χ2v) is 17.4. The zero-order valence-corrected chi connectivity index (χ0v) is 31.7. The van der Waals surface area contributed by atoms with E-state index in [-0.39, 0.29) is 34.9 Å². The molecule has 0 unspecified atom stereocenters. The summed E-state index contributed by atoms with van der Waals surface area (Å²) in [5, 5.41) is 35.9. The predicted molar refractivity (Wildman–Crippen MR) is 207 cm³/mol. The maximum atomic E-state index is 9.57. The van der Waals surface area contributed by atoms with Crippen molar-refractivity contribution < 1.29 is 10.2 Å². The van der Waals surface area contributed by atoms with Crippen molar-refractivity contribution in [3.8, 4) is 11.4 Å². The van der Waals surface area contributed by atoms with E-state index in [0.29, 0.717) is 11.4 Å². The van der Waals surface area contributed by atoms with Gasteiger partial charge in [-0.05, 0) is 176 Å². The van der Waals surface area contributed by atoms with E-state index in [0.717, 1.165) is 49.9 Å². The lowest BCUT2D eigenvalue weighted by Gasteiger charge is -2.71. The Hall–Kier alpha value is -3.46. The summed E-state index contributed by atoms with van der Waals surface area (Å²) >= 11 is 4.85. The molecule has 4 aromatic carbocycles. The SMILES string of the molecule is OCc1cn(-c2ccc(C34CC5(c6ccc(I)cc6)CC(c6ccc(I)cc6)(C3)CC(c3ccc(-n6cc(CO)nn6)cc3)(C5)C4)cc2)nn1. The molecule has 2 heterocycles. The second-order valence-electron chi connectivity index (χ2n) is 14.9. The van der Waals surface area contributed by atoms with Crippen molar-refractivity contribution in [2.24, 2.45) is 0 Å². The van der Waals surface area contributed by atoms with Crippen LogP contribution in [0.5, 0.6) is 0 Å². The highest BCUT2D eigenvalue weighted by Crippen LogP contribution is 2.74. The van der Waals surface area contributed by atoms with E-state index in [2.05, 4.69) is 163 Å². The van der Waals surface area contributed by atoms with Crippen molar-refractivity contribution >= 4 is 45.2 Å². The van der Waals surface area contributed by atoms with E-state index in [9.17, 15) is 10.2 Å². The molecular formula is C40H36I2N6O2. The average molecular weight is 887 g/mol. The van der Waals surface area contributed by atoms with Gasteiger partial charge in [-0.1, -0.05) is 59.0 Å². The summed E-state index contributed by atoms with van der Waals surface area (Å²) in [6.45, 7) is -0.262. The van der Waals surface area contributed by atoms with Crippen LogP contribution in [0.4, 0.5) is 0 Å². The van der Waals surface area contributed by atoms with Crippen LogP contribution < -0.4 is 0 Å². The fourth-order valence-electron chi connectivity index (χ4n) is 10.4. The summed E-state index contributed by atoms with van der Waals surface area (Å²) in [7, 11) is 0. The van der Waals surface area contributed by atoms with Crippen LogP contribution in [0, 0.1) is 7.14 Å². The molecule has 0 atom stereocenters. The lowest BCUT2D eigenvalue weighted by molar-refractivity contribution is -0.0691. The molecule has 4 saturated carbocycles. The first kappa shape index (κ1) is 32.4. The number of rotatable bonds is 8. The van der Waals surface area contributed by atoms with E-state index >= 15 is 0 Å². The van der Waals surface area contributed by atoms with Crippen LogP contribution in [0.25, 0.3) is 11.4 Å². The van der Waals surface area contributed by atoms with Gasteiger partial charge in [-0.3, -0.25) is 0 Å². The Bertz CT molecular complexity index is 2010. The van der Waals surface area contributed by atoms with Gasteiger partial charge in [-0.15, -0.1) is 10.2 Å². The Labute approximate surface area is 318 Å². The van der Waals surface area contributed by atoms with Crippen molar-refractivity contribution in [3.05, 3.63) is 150 Å². The van der Waals surface area contributed by atoms with Gasteiger partial charge >= 0.3 is 0 Å². The van der Waals surface area contributed by atoms with Crippen molar-refractivity contribution in [1.82, 2.24) is 30.0 Å². The first-order valence-electron chi connectivity index (χ1n) is 17.0. The largest absolute Gasteiger partial charge is 0.390 e. The zero-order chi connectivity index (χ0) is 34.1. The highest BCUT2D eigenvalue weighted by atomic mass is 127. The highest BCUT2D eigenvalue weighted by Gasteiger charge is 2.69.